The summed E-state index contributed by atoms with van der Waals surface area (Å²) in [6.45, 7) is 11.9. The average molecular weight is 551 g/mol. The van der Waals surface area contributed by atoms with Crippen molar-refractivity contribution in [2.45, 2.75) is 53.3 Å². The van der Waals surface area contributed by atoms with Gasteiger partial charge < -0.3 is 20.2 Å². The molecule has 0 spiro atoms. The Kier molecular flexibility index (Phi) is 9.33. The topological polar surface area (TPSA) is 87.6 Å². The van der Waals surface area contributed by atoms with Crippen LogP contribution < -0.4 is 10.6 Å². The number of benzene rings is 1. The van der Waals surface area contributed by atoms with E-state index in [-0.39, 0.29) is 30.5 Å². The highest BCUT2D eigenvalue weighted by Gasteiger charge is 2.27. The predicted molar refractivity (Wildman–Crippen MR) is 138 cm³/mol. The van der Waals surface area contributed by atoms with Crippen molar-refractivity contribution in [3.8, 4) is 0 Å². The first-order valence-electron chi connectivity index (χ1n) is 10.7. The van der Waals surface area contributed by atoms with Gasteiger partial charge in [-0.15, -0.1) is 24.0 Å². The van der Waals surface area contributed by atoms with Crippen LogP contribution in [0.15, 0.2) is 51.9 Å². The standard InChI is InChI=1S/C24H33N5O2.HI/c1-6-25-23(27-16-24(5,30)22-13-12-17(2)31-22)26-14-21-18(3)28-29(19(21)4)15-20-10-8-7-9-11-20;/h7-13,30H,6,14-16H2,1-5H3,(H2,25,26,27);1H. The molecule has 0 amide bonds. The van der Waals surface area contributed by atoms with Crippen LogP contribution in [0.3, 0.4) is 0 Å². The van der Waals surface area contributed by atoms with Gasteiger partial charge in [0.25, 0.3) is 0 Å². The molecular weight excluding hydrogens is 517 g/mol. The summed E-state index contributed by atoms with van der Waals surface area (Å²) >= 11 is 0. The third-order valence-electron chi connectivity index (χ3n) is 5.32. The SMILES string of the molecule is CCNC(=NCc1c(C)nn(Cc2ccccc2)c1C)NCC(C)(O)c1ccc(C)o1.I. The number of hydrogen-bond donors (Lipinski definition) is 3. The van der Waals surface area contributed by atoms with E-state index in [4.69, 9.17) is 14.5 Å². The minimum Gasteiger partial charge on any atom is -0.463 e. The first-order valence-corrected chi connectivity index (χ1v) is 10.7. The Morgan fingerprint density at radius 2 is 1.84 bits per heavy atom. The fourth-order valence-electron chi connectivity index (χ4n) is 3.44. The van der Waals surface area contributed by atoms with E-state index in [9.17, 15) is 5.11 Å². The number of aromatic nitrogens is 2. The molecular formula is C24H34IN5O2. The molecule has 0 aliphatic rings. The summed E-state index contributed by atoms with van der Waals surface area (Å²) in [5.41, 5.74) is 3.27. The van der Waals surface area contributed by atoms with Crippen LogP contribution in [-0.2, 0) is 18.7 Å². The zero-order valence-electron chi connectivity index (χ0n) is 19.5. The monoisotopic (exact) mass is 551 g/mol. The molecule has 7 nitrogen and oxygen atoms in total. The number of halogens is 1. The highest BCUT2D eigenvalue weighted by Crippen LogP contribution is 2.22. The summed E-state index contributed by atoms with van der Waals surface area (Å²) in [7, 11) is 0. The fourth-order valence-corrected chi connectivity index (χ4v) is 3.44. The van der Waals surface area contributed by atoms with Crippen LogP contribution in [0.25, 0.3) is 0 Å². The molecule has 3 N–H and O–H groups in total. The molecule has 0 aliphatic heterocycles. The van der Waals surface area contributed by atoms with Gasteiger partial charge in [-0.05, 0) is 52.3 Å². The first-order chi connectivity index (χ1) is 14.8. The minimum absolute atomic E-state index is 0. The number of aliphatic hydroxyl groups is 1. The summed E-state index contributed by atoms with van der Waals surface area (Å²) in [5.74, 6) is 1.94. The van der Waals surface area contributed by atoms with E-state index in [1.54, 1.807) is 13.0 Å². The lowest BCUT2D eigenvalue weighted by Gasteiger charge is -2.22. The van der Waals surface area contributed by atoms with Gasteiger partial charge in [0.05, 0.1) is 25.3 Å². The van der Waals surface area contributed by atoms with Crippen LogP contribution in [0, 0.1) is 20.8 Å². The number of aryl methyl sites for hydroxylation is 2. The van der Waals surface area contributed by atoms with Gasteiger partial charge in [0, 0.05) is 17.8 Å². The molecule has 0 radical (unpaired) electrons. The molecule has 0 saturated carbocycles. The second kappa shape index (κ2) is 11.5. The van der Waals surface area contributed by atoms with Crippen molar-refractivity contribution in [2.24, 2.45) is 4.99 Å². The molecule has 2 aromatic heterocycles. The number of rotatable bonds is 8. The van der Waals surface area contributed by atoms with Crippen LogP contribution in [-0.4, -0.2) is 33.9 Å². The molecule has 3 aromatic rings. The van der Waals surface area contributed by atoms with Crippen molar-refractivity contribution in [3.63, 3.8) is 0 Å². The molecule has 1 unspecified atom stereocenters. The maximum atomic E-state index is 10.8. The summed E-state index contributed by atoms with van der Waals surface area (Å²) in [6, 6.07) is 14.0. The van der Waals surface area contributed by atoms with Gasteiger partial charge in [-0.2, -0.15) is 5.10 Å². The van der Waals surface area contributed by atoms with Gasteiger partial charge in [-0.3, -0.25) is 4.68 Å². The molecule has 0 aliphatic carbocycles. The fraction of sp³-hybridized carbons (Fsp3) is 0.417. The van der Waals surface area contributed by atoms with Crippen molar-refractivity contribution in [2.75, 3.05) is 13.1 Å². The van der Waals surface area contributed by atoms with Gasteiger partial charge in [-0.1, -0.05) is 30.3 Å². The maximum Gasteiger partial charge on any atom is 0.191 e. The maximum absolute atomic E-state index is 10.8. The Morgan fingerprint density at radius 3 is 2.47 bits per heavy atom. The Labute approximate surface area is 207 Å². The van der Waals surface area contributed by atoms with Crippen molar-refractivity contribution in [1.82, 2.24) is 20.4 Å². The van der Waals surface area contributed by atoms with Gasteiger partial charge in [-0.25, -0.2) is 4.99 Å². The third-order valence-corrected chi connectivity index (χ3v) is 5.32. The summed E-state index contributed by atoms with van der Waals surface area (Å²) < 4.78 is 7.62. The number of nitrogens with one attached hydrogen (secondary N) is 2. The lowest BCUT2D eigenvalue weighted by Crippen LogP contribution is -2.44. The number of aliphatic imine (C=N–C) groups is 1. The van der Waals surface area contributed by atoms with Gasteiger partial charge in [0.15, 0.2) is 5.96 Å². The Hall–Kier alpha value is -2.33. The lowest BCUT2D eigenvalue weighted by atomic mass is 10.0. The number of nitrogens with zero attached hydrogens (tertiary/aromatic N) is 3. The summed E-state index contributed by atoms with van der Waals surface area (Å²) in [4.78, 5) is 4.73. The van der Waals surface area contributed by atoms with Crippen LogP contribution in [0.2, 0.25) is 0 Å². The Balaban J connectivity index is 0.00000363. The Bertz CT molecular complexity index is 1020. The predicted octanol–water partition coefficient (Wildman–Crippen LogP) is 4.03. The van der Waals surface area contributed by atoms with Gasteiger partial charge in [0.2, 0.25) is 0 Å². The lowest BCUT2D eigenvalue weighted by molar-refractivity contribution is 0.0378. The Morgan fingerprint density at radius 1 is 1.12 bits per heavy atom. The largest absolute Gasteiger partial charge is 0.463 e. The van der Waals surface area contributed by atoms with E-state index in [1.165, 1.54) is 5.56 Å². The van der Waals surface area contributed by atoms with E-state index in [0.717, 1.165) is 35.8 Å². The molecule has 174 valence electrons. The summed E-state index contributed by atoms with van der Waals surface area (Å²) in [5, 5.41) is 22.0. The number of guanidine groups is 1. The molecule has 8 heteroatoms. The van der Waals surface area contributed by atoms with Crippen LogP contribution in [0.1, 0.15) is 47.9 Å². The smallest absolute Gasteiger partial charge is 0.191 e. The molecule has 0 bridgehead atoms. The normalized spacial score (nSPS) is 13.4. The van der Waals surface area contributed by atoms with Crippen molar-refractivity contribution < 1.29 is 9.52 Å². The molecule has 2 heterocycles. The zero-order valence-corrected chi connectivity index (χ0v) is 21.8. The third kappa shape index (κ3) is 6.59. The van der Waals surface area contributed by atoms with E-state index >= 15 is 0 Å². The molecule has 3 rings (SSSR count). The van der Waals surface area contributed by atoms with E-state index in [1.807, 2.05) is 49.7 Å². The molecule has 32 heavy (non-hydrogen) atoms. The van der Waals surface area contributed by atoms with E-state index in [0.29, 0.717) is 18.3 Å². The minimum atomic E-state index is -1.14. The second-order valence-corrected chi connectivity index (χ2v) is 8.03. The highest BCUT2D eigenvalue weighted by atomic mass is 127. The van der Waals surface area contributed by atoms with Crippen molar-refractivity contribution in [3.05, 3.63) is 76.5 Å². The highest BCUT2D eigenvalue weighted by molar-refractivity contribution is 14.0. The second-order valence-electron chi connectivity index (χ2n) is 8.03. The van der Waals surface area contributed by atoms with Gasteiger partial charge in [0.1, 0.15) is 17.1 Å². The van der Waals surface area contributed by atoms with Gasteiger partial charge >= 0.3 is 0 Å². The quantitative estimate of drug-likeness (QED) is 0.224. The number of hydrogen-bond acceptors (Lipinski definition) is 4. The van der Waals surface area contributed by atoms with Crippen molar-refractivity contribution >= 4 is 29.9 Å². The van der Waals surface area contributed by atoms with E-state index in [2.05, 4.69) is 29.7 Å². The van der Waals surface area contributed by atoms with E-state index < -0.39 is 5.60 Å². The number of furan rings is 1. The van der Waals surface area contributed by atoms with Crippen LogP contribution >= 0.6 is 24.0 Å². The van der Waals surface area contributed by atoms with Crippen molar-refractivity contribution in [1.29, 1.82) is 0 Å². The first kappa shape index (κ1) is 25.9. The van der Waals surface area contributed by atoms with Crippen LogP contribution in [0.5, 0.6) is 0 Å². The molecule has 0 saturated heterocycles. The molecule has 1 aromatic carbocycles. The van der Waals surface area contributed by atoms with Crippen LogP contribution in [0.4, 0.5) is 0 Å². The zero-order chi connectivity index (χ0) is 22.4. The average Bonchev–Trinajstić information content (AvgIpc) is 3.29. The molecule has 1 atom stereocenters. The molecule has 0 fully saturated rings. The summed E-state index contributed by atoms with van der Waals surface area (Å²) in [6.07, 6.45) is 0.